The number of sulfonamides is 5. The van der Waals surface area contributed by atoms with Crippen LogP contribution < -0.4 is 29.3 Å². The molecule has 1 amide bonds. The number of aliphatic hydroxyl groups is 4. The van der Waals surface area contributed by atoms with Crippen LogP contribution in [0.3, 0.4) is 0 Å². The molecule has 31 nitrogen and oxygen atoms in total. The molecular weight excluding hydrogens is 2130 g/mol. The van der Waals surface area contributed by atoms with Crippen LogP contribution in [0.15, 0.2) is 252 Å². The number of nitrogens with zero attached hydrogens (tertiary/aromatic N) is 10. The van der Waals surface area contributed by atoms with E-state index in [0.29, 0.717) is 116 Å². The molecule has 47 heteroatoms. The number of fused-ring (bicyclic) bond motifs is 5. The Balaban J connectivity index is 0.000000173. The molecule has 0 fully saturated rings. The molecule has 10 aromatic carbocycles. The van der Waals surface area contributed by atoms with Gasteiger partial charge in [-0.15, -0.1) is 0 Å². The molecule has 5 aromatic heterocycles. The molecule has 15 rings (SSSR count). The molecular formula is C98H109Br2F9N16O15S5. The fourth-order valence-electron chi connectivity index (χ4n) is 18.2. The van der Waals surface area contributed by atoms with Crippen molar-refractivity contribution in [3.05, 3.63) is 297 Å². The van der Waals surface area contributed by atoms with Gasteiger partial charge in [-0.1, -0.05) is 171 Å². The van der Waals surface area contributed by atoms with E-state index >= 15 is 0 Å². The van der Waals surface area contributed by atoms with Crippen LogP contribution in [0.1, 0.15) is 145 Å². The Morgan fingerprint density at radius 2 is 0.559 bits per heavy atom. The summed E-state index contributed by atoms with van der Waals surface area (Å²) < 4.78 is 256. The van der Waals surface area contributed by atoms with Crippen LogP contribution >= 0.6 is 31.9 Å². The largest absolute Gasteiger partial charge is 0.416 e. The lowest BCUT2D eigenvalue weighted by Crippen LogP contribution is -2.47. The first kappa shape index (κ1) is 113. The van der Waals surface area contributed by atoms with E-state index < -0.39 is 144 Å². The third-order valence-electron chi connectivity index (χ3n) is 25.2. The van der Waals surface area contributed by atoms with E-state index in [4.69, 9.17) is 5.73 Å². The van der Waals surface area contributed by atoms with Crippen LogP contribution in [0, 0.1) is 0 Å². The minimum absolute atomic E-state index is 0.105. The van der Waals surface area contributed by atoms with Crippen LogP contribution in [0.2, 0.25) is 0 Å². The van der Waals surface area contributed by atoms with Gasteiger partial charge in [-0.2, -0.15) is 65.0 Å². The van der Waals surface area contributed by atoms with Gasteiger partial charge in [-0.05, 0) is 201 Å². The van der Waals surface area contributed by atoms with E-state index in [1.165, 1.54) is 70.4 Å². The summed E-state index contributed by atoms with van der Waals surface area (Å²) in [5, 5.41) is 68.2. The van der Waals surface area contributed by atoms with Gasteiger partial charge in [0.25, 0.3) is 0 Å². The van der Waals surface area contributed by atoms with Crippen molar-refractivity contribution >= 4 is 171 Å². The summed E-state index contributed by atoms with van der Waals surface area (Å²) in [6, 6.07) is 54.5. The van der Waals surface area contributed by atoms with Gasteiger partial charge in [0.1, 0.15) is 22.2 Å². The van der Waals surface area contributed by atoms with Crippen molar-refractivity contribution in [3.8, 4) is 0 Å². The summed E-state index contributed by atoms with van der Waals surface area (Å²) >= 11 is 6.91. The van der Waals surface area contributed by atoms with E-state index in [0.717, 1.165) is 98.8 Å². The number of carbonyl (C=O) groups is 1. The van der Waals surface area contributed by atoms with E-state index in [1.54, 1.807) is 122 Å². The topological polar surface area (TPSA) is 444 Å². The van der Waals surface area contributed by atoms with Gasteiger partial charge < -0.3 is 26.2 Å². The first-order valence-electron chi connectivity index (χ1n) is 45.0. The number of amides is 1. The summed E-state index contributed by atoms with van der Waals surface area (Å²) in [6.45, 7) is 14.4. The summed E-state index contributed by atoms with van der Waals surface area (Å²) in [4.78, 5) is 12.6. The van der Waals surface area contributed by atoms with E-state index in [-0.39, 0.29) is 17.7 Å². The quantitative estimate of drug-likeness (QED) is 0.0175. The third kappa shape index (κ3) is 24.4. The molecule has 0 aliphatic heterocycles. The smallest absolute Gasteiger partial charge is 0.393 e. The molecule has 0 radical (unpaired) electrons. The number of nitrogens with one attached hydrogen (secondary N) is 5. The van der Waals surface area contributed by atoms with Gasteiger partial charge in [0.15, 0.2) is 5.54 Å². The van der Waals surface area contributed by atoms with Crippen LogP contribution in [0.5, 0.6) is 0 Å². The molecule has 0 saturated carbocycles. The maximum atomic E-state index is 13.1. The lowest BCUT2D eigenvalue weighted by atomic mass is 9.80. The zero-order chi connectivity index (χ0) is 107. The Labute approximate surface area is 849 Å². The standard InChI is InChI=1S/C21H24F3N3O3S.C20H24BrN3O3S.C19H22BrN3O3S.C19H19F3N4O3S.C19H20F3N3O3S/c1-4-19(28)20(5-2,14-9-11-15(12-10-14)21(22,23)24)27-18-8-6-7-17(16(18)13-25-27)26-31(3,29)30;1-4-19(25)20(5-2,14-9-11-15(21)12-10-14)24-18-8-6-7-17(16(18)13-22-24)23-28(3,26)27;1-4-19(13(2)24,14-8-10-15(20)11-9-14)23-18-7-5-6-17(16(18)12-21-23)22-27(3,25)26;1-3-18(17(23)27,12-7-9-13(10-8-12)19(20,21)22)26-16-6-4-5-15(14(16)11-24-26)25-30(2,28)29;1-3-18(12-26,13-7-9-14(10-8-13)19(20,21)22)25-17-6-4-5-16(15(17)11-23-25)24-29(2,27)28/h6-13,19,26,28H,4-5H2,1-3H3;6-13,19,23,25H,4-5H2,1-3H3;5-13,22,24H,4H2,1-3H3;4-11,25H,3H2,1-2H3,(H2,23,27);4-11,24,26H,3,12H2,1-2H3. The Morgan fingerprint density at radius 1 is 0.331 bits per heavy atom. The second-order valence-electron chi connectivity index (χ2n) is 34.6. The van der Waals surface area contributed by atoms with Gasteiger partial charge >= 0.3 is 18.5 Å². The van der Waals surface area contributed by atoms with Crippen molar-refractivity contribution in [2.45, 2.75) is 165 Å². The van der Waals surface area contributed by atoms with Crippen molar-refractivity contribution in [2.24, 2.45) is 5.73 Å². The van der Waals surface area contributed by atoms with Crippen LogP contribution in [0.4, 0.5) is 68.0 Å². The SMILES string of the molecule is CCC(C(N)=O)(c1ccc(C(F)(F)F)cc1)n1ncc2c(NS(C)(=O)=O)cccc21.CCC(CO)(c1ccc(C(F)(F)F)cc1)n1ncc2c(NS(C)(=O)=O)cccc21.CCC(O)C(CC)(c1ccc(Br)cc1)n1ncc2c(NS(C)(=O)=O)cccc21.CCC(O)C(CC)(c1ccc(C(F)(F)F)cc1)n1ncc2c(NS(C)(=O)=O)cccc21.CCC(c1ccc(Br)cc1)(C(C)O)n1ncc2c(NS(C)(=O)=O)cccc21. The van der Waals surface area contributed by atoms with Crippen molar-refractivity contribution in [2.75, 3.05) is 61.5 Å². The van der Waals surface area contributed by atoms with Crippen molar-refractivity contribution < 1.29 is 107 Å². The van der Waals surface area contributed by atoms with Gasteiger partial charge in [0.2, 0.25) is 56.0 Å². The number of halogens is 11. The summed E-state index contributed by atoms with van der Waals surface area (Å²) in [7, 11) is -17.5. The maximum Gasteiger partial charge on any atom is 0.416 e. The van der Waals surface area contributed by atoms with Crippen molar-refractivity contribution in [1.29, 1.82) is 0 Å². The molecule has 11 N–H and O–H groups in total. The molecule has 8 unspecified atom stereocenters. The number of rotatable bonds is 32. The zero-order valence-corrected chi connectivity index (χ0v) is 87.8. The highest BCUT2D eigenvalue weighted by Gasteiger charge is 2.47. The molecule has 0 spiro atoms. The molecule has 0 aliphatic carbocycles. The molecule has 8 atom stereocenters. The first-order chi connectivity index (χ1) is 67.8. The molecule has 145 heavy (non-hydrogen) atoms. The number of alkyl halides is 9. The zero-order valence-electron chi connectivity index (χ0n) is 80.5. The minimum atomic E-state index is -4.52. The normalized spacial score (nSPS) is 15.1. The molecule has 5 heterocycles. The number of nitrogens with two attached hydrogens (primary N) is 1. The average Bonchev–Trinajstić information content (AvgIpc) is 1.63. The number of anilines is 5. The summed E-state index contributed by atoms with van der Waals surface area (Å²) in [5.41, 5.74) is 5.76. The number of carbonyl (C=O) groups excluding carboxylic acids is 1. The number of benzene rings is 10. The second-order valence-corrected chi connectivity index (χ2v) is 45.1. The highest BCUT2D eigenvalue weighted by molar-refractivity contribution is 9.10. The molecule has 778 valence electrons. The van der Waals surface area contributed by atoms with Gasteiger partial charge in [0, 0.05) is 35.9 Å². The number of primary amides is 1. The van der Waals surface area contributed by atoms with Crippen LogP contribution in [0.25, 0.3) is 54.5 Å². The Kier molecular flexibility index (Phi) is 34.6. The Hall–Kier alpha value is -12.1. The van der Waals surface area contributed by atoms with Crippen molar-refractivity contribution in [3.63, 3.8) is 0 Å². The third-order valence-corrected chi connectivity index (χ3v) is 29.2. The lowest BCUT2D eigenvalue weighted by molar-refractivity contribution is -0.138. The predicted molar refractivity (Wildman–Crippen MR) is 551 cm³/mol. The minimum Gasteiger partial charge on any atom is -0.393 e. The lowest BCUT2D eigenvalue weighted by Gasteiger charge is -2.38. The van der Waals surface area contributed by atoms with Crippen molar-refractivity contribution in [1.82, 2.24) is 48.9 Å². The molecule has 0 bridgehead atoms. The van der Waals surface area contributed by atoms with Gasteiger partial charge in [-0.3, -0.25) is 47.1 Å². The Bertz CT molecular complexity index is 7760. The first-order valence-corrected chi connectivity index (χ1v) is 56.1. The number of aromatic nitrogens is 10. The summed E-state index contributed by atoms with van der Waals surface area (Å²) in [5.74, 6) is -0.809. The molecule has 0 aliphatic rings. The van der Waals surface area contributed by atoms with Gasteiger partial charge in [-0.25, -0.2) is 46.8 Å². The molecule has 0 saturated heterocycles. The predicted octanol–water partition coefficient (Wildman–Crippen LogP) is 18.8. The highest BCUT2D eigenvalue weighted by atomic mass is 79.9. The Morgan fingerprint density at radius 3 is 0.793 bits per heavy atom. The second kappa shape index (κ2) is 44.3. The van der Waals surface area contributed by atoms with E-state index in [2.05, 4.69) is 81.0 Å². The average molecular weight is 2240 g/mol. The van der Waals surface area contributed by atoms with Crippen LogP contribution in [-0.2, 0) is 101 Å². The maximum absolute atomic E-state index is 13.1. The fraction of sp³-hybridized carbons (Fsp3) is 0.327. The van der Waals surface area contributed by atoms with Crippen LogP contribution in [-0.4, -0.2) is 174 Å². The molecule has 15 aromatic rings. The number of aliphatic hydroxyl groups excluding tert-OH is 4. The highest BCUT2D eigenvalue weighted by Crippen LogP contribution is 2.46. The van der Waals surface area contributed by atoms with Gasteiger partial charge in [0.05, 0.1) is 160 Å². The fourth-order valence-corrected chi connectivity index (χ4v) is 21.6. The summed E-state index contributed by atoms with van der Waals surface area (Å²) in [6.07, 6.45) is -0.0105. The monoisotopic (exact) mass is 2240 g/mol. The number of hydrogen-bond donors (Lipinski definition) is 10. The van der Waals surface area contributed by atoms with E-state index in [1.807, 2.05) is 93.0 Å². The number of hydrogen-bond acceptors (Lipinski definition) is 20. The van der Waals surface area contributed by atoms with E-state index in [9.17, 15) is 107 Å².